The van der Waals surface area contributed by atoms with Crippen LogP contribution in [-0.2, 0) is 0 Å². The zero-order valence-corrected chi connectivity index (χ0v) is 11.9. The number of halogens is 3. The molecule has 8 heteroatoms. The topological polar surface area (TPSA) is 65.0 Å². The van der Waals surface area contributed by atoms with Crippen molar-refractivity contribution in [2.75, 3.05) is 32.8 Å². The lowest BCUT2D eigenvalue weighted by Crippen LogP contribution is -2.45. The van der Waals surface area contributed by atoms with Crippen molar-refractivity contribution >= 4 is 0 Å². The molecule has 1 fully saturated rings. The molecule has 0 unspecified atom stereocenters. The molecule has 0 amide bonds. The molecule has 0 spiro atoms. The van der Waals surface area contributed by atoms with Gasteiger partial charge in [-0.05, 0) is 24.6 Å². The van der Waals surface area contributed by atoms with Crippen LogP contribution in [0, 0.1) is 0 Å². The minimum absolute atomic E-state index is 0.105. The zero-order chi connectivity index (χ0) is 16.2. The molecule has 0 saturated carbocycles. The molecule has 1 saturated heterocycles. The standard InChI is InChI=1S/C14H19F3N2O3/c15-14(16,17)22-10-1-2-13(21)11(9-10)12(3-8-20)19-6-4-18-5-7-19/h1-2,9,12,18,20-21H,3-8H2/t12-/m0/s1. The SMILES string of the molecule is OCC[C@@H](c1cc(OC(F)(F)F)ccc1O)N1CCNCC1. The van der Waals surface area contributed by atoms with Crippen molar-refractivity contribution in [3.63, 3.8) is 0 Å². The minimum Gasteiger partial charge on any atom is -0.508 e. The molecule has 1 heterocycles. The smallest absolute Gasteiger partial charge is 0.508 e. The molecule has 1 aliphatic heterocycles. The molecule has 0 aliphatic carbocycles. The van der Waals surface area contributed by atoms with Crippen LogP contribution in [0.25, 0.3) is 0 Å². The van der Waals surface area contributed by atoms with Gasteiger partial charge >= 0.3 is 6.36 Å². The molecular weight excluding hydrogens is 301 g/mol. The summed E-state index contributed by atoms with van der Waals surface area (Å²) in [5.41, 5.74) is 0.331. The van der Waals surface area contributed by atoms with Crippen LogP contribution in [0.15, 0.2) is 18.2 Å². The average Bonchev–Trinajstić information content (AvgIpc) is 2.46. The van der Waals surface area contributed by atoms with Crippen LogP contribution in [0.2, 0.25) is 0 Å². The number of hydrogen-bond acceptors (Lipinski definition) is 5. The van der Waals surface area contributed by atoms with E-state index in [1.54, 1.807) is 0 Å². The van der Waals surface area contributed by atoms with E-state index in [1.807, 2.05) is 4.90 Å². The predicted octanol–water partition coefficient (Wildman–Crippen LogP) is 1.62. The molecule has 2 rings (SSSR count). The Kier molecular flexibility index (Phi) is 5.49. The van der Waals surface area contributed by atoms with Crippen LogP contribution in [0.1, 0.15) is 18.0 Å². The highest BCUT2D eigenvalue weighted by molar-refractivity contribution is 5.41. The minimum atomic E-state index is -4.78. The van der Waals surface area contributed by atoms with Gasteiger partial charge in [0.1, 0.15) is 11.5 Å². The molecular formula is C14H19F3N2O3. The number of aliphatic hydroxyl groups is 1. The lowest BCUT2D eigenvalue weighted by Gasteiger charge is -2.35. The van der Waals surface area contributed by atoms with Crippen LogP contribution in [-0.4, -0.2) is 54.3 Å². The summed E-state index contributed by atoms with van der Waals surface area (Å²) in [6, 6.07) is 3.08. The van der Waals surface area contributed by atoms with E-state index in [-0.39, 0.29) is 24.1 Å². The molecule has 1 aliphatic rings. The van der Waals surface area contributed by atoms with Crippen LogP contribution < -0.4 is 10.1 Å². The largest absolute Gasteiger partial charge is 0.573 e. The number of phenolic OH excluding ortho intramolecular Hbond substituents is 1. The maximum atomic E-state index is 12.3. The monoisotopic (exact) mass is 320 g/mol. The lowest BCUT2D eigenvalue weighted by atomic mass is 10.00. The van der Waals surface area contributed by atoms with Gasteiger partial charge in [-0.3, -0.25) is 4.90 Å². The molecule has 1 atom stereocenters. The van der Waals surface area contributed by atoms with E-state index in [9.17, 15) is 23.4 Å². The van der Waals surface area contributed by atoms with E-state index >= 15 is 0 Å². The highest BCUT2D eigenvalue weighted by Gasteiger charge is 2.32. The second-order valence-corrected chi connectivity index (χ2v) is 5.08. The quantitative estimate of drug-likeness (QED) is 0.769. The summed E-state index contributed by atoms with van der Waals surface area (Å²) in [5.74, 6) is -0.482. The van der Waals surface area contributed by atoms with Gasteiger partial charge in [0.25, 0.3) is 0 Å². The molecule has 5 nitrogen and oxygen atoms in total. The zero-order valence-electron chi connectivity index (χ0n) is 11.9. The number of rotatable bonds is 5. The first-order chi connectivity index (χ1) is 10.4. The number of nitrogens with one attached hydrogen (secondary N) is 1. The third-order valence-corrected chi connectivity index (χ3v) is 3.59. The van der Waals surface area contributed by atoms with Gasteiger partial charge in [0.15, 0.2) is 0 Å². The van der Waals surface area contributed by atoms with Gasteiger partial charge in [0, 0.05) is 44.4 Å². The van der Waals surface area contributed by atoms with E-state index < -0.39 is 6.36 Å². The van der Waals surface area contributed by atoms with Crippen LogP contribution >= 0.6 is 0 Å². The third kappa shape index (κ3) is 4.49. The Balaban J connectivity index is 2.27. The predicted molar refractivity (Wildman–Crippen MR) is 73.7 cm³/mol. The van der Waals surface area contributed by atoms with Crippen molar-refractivity contribution < 1.29 is 28.1 Å². The van der Waals surface area contributed by atoms with Crippen molar-refractivity contribution in [1.29, 1.82) is 0 Å². The highest BCUT2D eigenvalue weighted by atomic mass is 19.4. The van der Waals surface area contributed by atoms with E-state index in [0.29, 0.717) is 25.1 Å². The van der Waals surface area contributed by atoms with Crippen LogP contribution in [0.5, 0.6) is 11.5 Å². The average molecular weight is 320 g/mol. The molecule has 1 aromatic rings. The summed E-state index contributed by atoms with van der Waals surface area (Å²) < 4.78 is 40.9. The first kappa shape index (κ1) is 16.9. The van der Waals surface area contributed by atoms with Gasteiger partial charge in [-0.2, -0.15) is 0 Å². The van der Waals surface area contributed by atoms with Crippen molar-refractivity contribution in [3.05, 3.63) is 23.8 Å². The number of piperazine rings is 1. The van der Waals surface area contributed by atoms with Gasteiger partial charge < -0.3 is 20.3 Å². The molecule has 22 heavy (non-hydrogen) atoms. The molecule has 0 bridgehead atoms. The Labute approximate surface area is 126 Å². The summed E-state index contributed by atoms with van der Waals surface area (Å²) in [7, 11) is 0. The summed E-state index contributed by atoms with van der Waals surface area (Å²) in [4.78, 5) is 2.03. The van der Waals surface area contributed by atoms with Crippen LogP contribution in [0.3, 0.4) is 0 Å². The van der Waals surface area contributed by atoms with Crippen LogP contribution in [0.4, 0.5) is 13.2 Å². The lowest BCUT2D eigenvalue weighted by molar-refractivity contribution is -0.274. The molecule has 0 radical (unpaired) electrons. The molecule has 1 aromatic carbocycles. The second kappa shape index (κ2) is 7.17. The van der Waals surface area contributed by atoms with Gasteiger partial charge in [-0.1, -0.05) is 0 Å². The number of benzene rings is 1. The Morgan fingerprint density at radius 2 is 1.95 bits per heavy atom. The van der Waals surface area contributed by atoms with Crippen molar-refractivity contribution in [1.82, 2.24) is 10.2 Å². The Hall–Kier alpha value is -1.51. The number of phenols is 1. The number of aliphatic hydroxyl groups excluding tert-OH is 1. The van der Waals surface area contributed by atoms with Gasteiger partial charge in [0.2, 0.25) is 0 Å². The van der Waals surface area contributed by atoms with Crippen molar-refractivity contribution in [3.8, 4) is 11.5 Å². The highest BCUT2D eigenvalue weighted by Crippen LogP contribution is 2.35. The molecule has 124 valence electrons. The maximum Gasteiger partial charge on any atom is 0.573 e. The first-order valence-electron chi connectivity index (χ1n) is 7.05. The summed E-state index contributed by atoms with van der Waals surface area (Å²) in [6.07, 6.45) is -4.46. The number of ether oxygens (including phenoxy) is 1. The Bertz CT molecular complexity index is 491. The van der Waals surface area contributed by atoms with Crippen molar-refractivity contribution in [2.45, 2.75) is 18.8 Å². The third-order valence-electron chi connectivity index (χ3n) is 3.59. The summed E-state index contributed by atoms with van der Waals surface area (Å²) >= 11 is 0. The fraction of sp³-hybridized carbons (Fsp3) is 0.571. The van der Waals surface area contributed by atoms with Gasteiger partial charge in [-0.25, -0.2) is 0 Å². The molecule has 3 N–H and O–H groups in total. The fourth-order valence-electron chi connectivity index (χ4n) is 2.65. The fourth-order valence-corrected chi connectivity index (χ4v) is 2.65. The van der Waals surface area contributed by atoms with E-state index in [2.05, 4.69) is 10.1 Å². The summed E-state index contributed by atoms with van der Waals surface area (Å²) in [6.45, 7) is 2.75. The summed E-state index contributed by atoms with van der Waals surface area (Å²) in [5, 5.41) is 22.4. The second-order valence-electron chi connectivity index (χ2n) is 5.08. The van der Waals surface area contributed by atoms with Crippen molar-refractivity contribution in [2.24, 2.45) is 0 Å². The van der Waals surface area contributed by atoms with Gasteiger partial charge in [0.05, 0.1) is 0 Å². The number of hydrogen-bond donors (Lipinski definition) is 3. The van der Waals surface area contributed by atoms with E-state index in [4.69, 9.17) is 0 Å². The Morgan fingerprint density at radius 1 is 1.27 bits per heavy atom. The van der Waals surface area contributed by atoms with E-state index in [0.717, 1.165) is 19.2 Å². The van der Waals surface area contributed by atoms with E-state index in [1.165, 1.54) is 12.1 Å². The Morgan fingerprint density at radius 3 is 2.55 bits per heavy atom. The van der Waals surface area contributed by atoms with Gasteiger partial charge in [-0.15, -0.1) is 13.2 Å². The maximum absolute atomic E-state index is 12.3. The first-order valence-corrected chi connectivity index (χ1v) is 7.05. The normalized spacial score (nSPS) is 18.2. The number of nitrogens with zero attached hydrogens (tertiary/aromatic N) is 1. The number of aromatic hydroxyl groups is 1. The molecule has 0 aromatic heterocycles. The number of alkyl halides is 3.